The number of hydrogen-bond acceptors (Lipinski definition) is 3. The Labute approximate surface area is 93.8 Å². The molecule has 2 fully saturated rings. The summed E-state index contributed by atoms with van der Waals surface area (Å²) in [6.07, 6.45) is 4.11. The zero-order valence-electron chi connectivity index (χ0n) is 10.2. The van der Waals surface area contributed by atoms with Crippen molar-refractivity contribution in [2.75, 3.05) is 39.8 Å². The molecule has 0 aromatic carbocycles. The highest BCUT2D eigenvalue weighted by atomic mass is 15.3. The Hall–Kier alpha value is -0.120. The van der Waals surface area contributed by atoms with Gasteiger partial charge in [0.2, 0.25) is 0 Å². The number of likely N-dealkylation sites (N-methyl/N-ethyl adjacent to an activating group) is 1. The minimum atomic E-state index is 0.748. The molecule has 2 rings (SSSR count). The molecule has 2 aliphatic rings. The van der Waals surface area contributed by atoms with E-state index in [2.05, 4.69) is 29.1 Å². The van der Waals surface area contributed by atoms with Crippen LogP contribution in [0.4, 0.5) is 0 Å². The van der Waals surface area contributed by atoms with Gasteiger partial charge in [0.15, 0.2) is 0 Å². The van der Waals surface area contributed by atoms with Gasteiger partial charge in [-0.05, 0) is 32.9 Å². The Balaban J connectivity index is 1.87. The van der Waals surface area contributed by atoms with Crippen LogP contribution in [0.5, 0.6) is 0 Å². The van der Waals surface area contributed by atoms with Crippen LogP contribution in [0.2, 0.25) is 0 Å². The lowest BCUT2D eigenvalue weighted by molar-refractivity contribution is 0.0702. The lowest BCUT2D eigenvalue weighted by Crippen LogP contribution is -2.55. The van der Waals surface area contributed by atoms with Crippen molar-refractivity contribution in [2.45, 2.75) is 38.3 Å². The fraction of sp³-hybridized carbons (Fsp3) is 1.00. The van der Waals surface area contributed by atoms with Crippen LogP contribution in [0.25, 0.3) is 0 Å². The Morgan fingerprint density at radius 2 is 2.20 bits per heavy atom. The zero-order valence-corrected chi connectivity index (χ0v) is 10.2. The predicted octanol–water partition coefficient (Wildman–Crippen LogP) is 0.764. The van der Waals surface area contributed by atoms with Crippen molar-refractivity contribution < 1.29 is 0 Å². The molecule has 2 atom stereocenters. The topological polar surface area (TPSA) is 18.5 Å². The first kappa shape index (κ1) is 11.4. The summed E-state index contributed by atoms with van der Waals surface area (Å²) in [5, 5.41) is 3.32. The second kappa shape index (κ2) is 5.28. The van der Waals surface area contributed by atoms with E-state index in [1.54, 1.807) is 0 Å². The summed E-state index contributed by atoms with van der Waals surface area (Å²) in [5.74, 6) is 0. The van der Waals surface area contributed by atoms with Gasteiger partial charge in [-0.2, -0.15) is 0 Å². The van der Waals surface area contributed by atoms with Gasteiger partial charge >= 0.3 is 0 Å². The van der Waals surface area contributed by atoms with Crippen molar-refractivity contribution in [3.63, 3.8) is 0 Å². The standard InChI is InChI=1S/C12H25N3/c1-3-11(9-13-2)15-8-7-14-6-4-5-12(14)10-15/h11-13H,3-10H2,1-2H3. The molecule has 0 amide bonds. The second-order valence-electron chi connectivity index (χ2n) is 4.95. The Morgan fingerprint density at radius 1 is 1.33 bits per heavy atom. The molecule has 0 spiro atoms. The Bertz CT molecular complexity index is 195. The van der Waals surface area contributed by atoms with Crippen molar-refractivity contribution in [3.8, 4) is 0 Å². The molecule has 3 nitrogen and oxygen atoms in total. The molecule has 0 bridgehead atoms. The number of nitrogens with one attached hydrogen (secondary N) is 1. The molecule has 1 N–H and O–H groups in total. The van der Waals surface area contributed by atoms with Crippen LogP contribution in [0.15, 0.2) is 0 Å². The van der Waals surface area contributed by atoms with E-state index in [4.69, 9.17) is 0 Å². The third-order valence-electron chi connectivity index (χ3n) is 4.05. The van der Waals surface area contributed by atoms with Crippen molar-refractivity contribution in [1.82, 2.24) is 15.1 Å². The number of rotatable bonds is 4. The maximum absolute atomic E-state index is 3.32. The van der Waals surface area contributed by atoms with E-state index in [1.807, 2.05) is 0 Å². The van der Waals surface area contributed by atoms with Gasteiger partial charge in [-0.1, -0.05) is 6.92 Å². The van der Waals surface area contributed by atoms with Crippen LogP contribution in [0.1, 0.15) is 26.2 Å². The number of nitrogens with zero attached hydrogens (tertiary/aromatic N) is 2. The summed E-state index contributed by atoms with van der Waals surface area (Å²) in [6, 6.07) is 1.61. The molecular formula is C12H25N3. The molecule has 2 heterocycles. The molecule has 0 aromatic heterocycles. The minimum absolute atomic E-state index is 0.748. The van der Waals surface area contributed by atoms with Gasteiger partial charge in [0.05, 0.1) is 0 Å². The van der Waals surface area contributed by atoms with Crippen LogP contribution in [0, 0.1) is 0 Å². The first-order valence-electron chi connectivity index (χ1n) is 6.47. The van der Waals surface area contributed by atoms with Gasteiger partial charge < -0.3 is 5.32 Å². The lowest BCUT2D eigenvalue weighted by atomic mass is 10.1. The second-order valence-corrected chi connectivity index (χ2v) is 4.95. The molecule has 2 saturated heterocycles. The first-order valence-corrected chi connectivity index (χ1v) is 6.47. The smallest absolute Gasteiger partial charge is 0.0224 e. The maximum atomic E-state index is 3.32. The summed E-state index contributed by atoms with van der Waals surface area (Å²) in [4.78, 5) is 5.38. The Morgan fingerprint density at radius 3 is 2.93 bits per heavy atom. The summed E-state index contributed by atoms with van der Waals surface area (Å²) < 4.78 is 0. The fourth-order valence-corrected chi connectivity index (χ4v) is 3.11. The molecule has 0 aromatic rings. The summed E-state index contributed by atoms with van der Waals surface area (Å²) >= 11 is 0. The third kappa shape index (κ3) is 2.52. The van der Waals surface area contributed by atoms with Gasteiger partial charge in [-0.25, -0.2) is 0 Å². The molecule has 0 radical (unpaired) electrons. The predicted molar refractivity (Wildman–Crippen MR) is 64.2 cm³/mol. The average Bonchev–Trinajstić information content (AvgIpc) is 2.72. The minimum Gasteiger partial charge on any atom is -0.318 e. The van der Waals surface area contributed by atoms with Crippen molar-refractivity contribution in [3.05, 3.63) is 0 Å². The average molecular weight is 211 g/mol. The van der Waals surface area contributed by atoms with E-state index in [9.17, 15) is 0 Å². The van der Waals surface area contributed by atoms with Gasteiger partial charge in [0.25, 0.3) is 0 Å². The number of fused-ring (bicyclic) bond motifs is 1. The van der Waals surface area contributed by atoms with Crippen LogP contribution in [0.3, 0.4) is 0 Å². The van der Waals surface area contributed by atoms with Crippen LogP contribution < -0.4 is 5.32 Å². The number of piperazine rings is 1. The molecule has 15 heavy (non-hydrogen) atoms. The van der Waals surface area contributed by atoms with Gasteiger partial charge in [0.1, 0.15) is 0 Å². The Kier molecular flexibility index (Phi) is 4.00. The molecule has 2 aliphatic heterocycles. The van der Waals surface area contributed by atoms with E-state index < -0.39 is 0 Å². The van der Waals surface area contributed by atoms with E-state index in [0.29, 0.717) is 0 Å². The van der Waals surface area contributed by atoms with Gasteiger partial charge in [0, 0.05) is 38.3 Å². The largest absolute Gasteiger partial charge is 0.318 e. The van der Waals surface area contributed by atoms with Crippen LogP contribution >= 0.6 is 0 Å². The maximum Gasteiger partial charge on any atom is 0.0224 e. The van der Waals surface area contributed by atoms with E-state index in [-0.39, 0.29) is 0 Å². The van der Waals surface area contributed by atoms with Crippen molar-refractivity contribution >= 4 is 0 Å². The SMILES string of the molecule is CCC(CNC)N1CCN2CCCC2C1. The third-order valence-corrected chi connectivity index (χ3v) is 4.05. The summed E-state index contributed by atoms with van der Waals surface area (Å²) in [7, 11) is 2.06. The van der Waals surface area contributed by atoms with Gasteiger partial charge in [-0.15, -0.1) is 0 Å². The zero-order chi connectivity index (χ0) is 10.7. The lowest BCUT2D eigenvalue weighted by Gasteiger charge is -2.41. The normalized spacial score (nSPS) is 30.4. The highest BCUT2D eigenvalue weighted by Crippen LogP contribution is 2.22. The molecular weight excluding hydrogens is 186 g/mol. The fourth-order valence-electron chi connectivity index (χ4n) is 3.11. The highest BCUT2D eigenvalue weighted by Gasteiger charge is 2.32. The van der Waals surface area contributed by atoms with E-state index in [0.717, 1.165) is 18.6 Å². The first-order chi connectivity index (χ1) is 7.35. The van der Waals surface area contributed by atoms with Gasteiger partial charge in [-0.3, -0.25) is 9.80 Å². The highest BCUT2D eigenvalue weighted by molar-refractivity contribution is 4.89. The summed E-state index contributed by atoms with van der Waals surface area (Å²) in [5.41, 5.74) is 0. The van der Waals surface area contributed by atoms with E-state index >= 15 is 0 Å². The van der Waals surface area contributed by atoms with Crippen molar-refractivity contribution in [2.24, 2.45) is 0 Å². The molecule has 3 heteroatoms. The monoisotopic (exact) mass is 211 g/mol. The molecule has 0 aliphatic carbocycles. The van der Waals surface area contributed by atoms with Crippen molar-refractivity contribution in [1.29, 1.82) is 0 Å². The molecule has 2 unspecified atom stereocenters. The van der Waals surface area contributed by atoms with Crippen LogP contribution in [-0.2, 0) is 0 Å². The van der Waals surface area contributed by atoms with E-state index in [1.165, 1.54) is 45.4 Å². The van der Waals surface area contributed by atoms with Crippen LogP contribution in [-0.4, -0.2) is 61.7 Å². The summed E-state index contributed by atoms with van der Waals surface area (Å²) in [6.45, 7) is 8.68. The molecule has 0 saturated carbocycles. The molecule has 88 valence electrons. The quantitative estimate of drug-likeness (QED) is 0.741. The number of hydrogen-bond donors (Lipinski definition) is 1.